The van der Waals surface area contributed by atoms with Gasteiger partial charge >= 0.3 is 0 Å². The normalized spacial score (nSPS) is 20.9. The van der Waals surface area contributed by atoms with Crippen molar-refractivity contribution in [3.8, 4) is 0 Å². The van der Waals surface area contributed by atoms with Crippen LogP contribution in [0.1, 0.15) is 53.9 Å². The number of β-amino-alcohol motifs (C(OH)–C–C–N with tert-alkyl or cyclic N) is 1. The summed E-state index contributed by atoms with van der Waals surface area (Å²) >= 11 is 0. The molecule has 1 rings (SSSR count). The average molecular weight is 241 g/mol. The smallest absolute Gasteiger partial charge is 0.223 e. The van der Waals surface area contributed by atoms with E-state index in [0.717, 1.165) is 12.8 Å². The number of nitrogens with zero attached hydrogens (tertiary/aromatic N) is 1. The lowest BCUT2D eigenvalue weighted by atomic mass is 9.83. The number of carbonyl (C=O) groups excluding carboxylic acids is 1. The van der Waals surface area contributed by atoms with Gasteiger partial charge in [-0.1, -0.05) is 34.6 Å². The zero-order valence-corrected chi connectivity index (χ0v) is 11.9. The molecule has 1 aliphatic heterocycles. The molecule has 1 fully saturated rings. The molecule has 1 N–H and O–H groups in total. The molecule has 1 amide bonds. The van der Waals surface area contributed by atoms with Crippen LogP contribution in [-0.2, 0) is 4.79 Å². The lowest BCUT2D eigenvalue weighted by Crippen LogP contribution is -2.63. The summed E-state index contributed by atoms with van der Waals surface area (Å²) in [6, 6.07) is 0. The average Bonchev–Trinajstić information content (AvgIpc) is 2.09. The Morgan fingerprint density at radius 1 is 1.41 bits per heavy atom. The standard InChI is InChI=1S/C14H27NO2/c1-6-14(17)9-15(10-14)12(16)7-11(2)8-13(3,4)5/h11,17H,6-10H2,1-5H3. The second-order valence-electron chi connectivity index (χ2n) is 6.90. The zero-order chi connectivity index (χ0) is 13.3. The van der Waals surface area contributed by atoms with Gasteiger partial charge in [-0.3, -0.25) is 4.79 Å². The summed E-state index contributed by atoms with van der Waals surface area (Å²) < 4.78 is 0. The number of amides is 1. The largest absolute Gasteiger partial charge is 0.386 e. The van der Waals surface area contributed by atoms with Crippen molar-refractivity contribution in [3.05, 3.63) is 0 Å². The number of carbonyl (C=O) groups is 1. The maximum absolute atomic E-state index is 11.9. The molecular weight excluding hydrogens is 214 g/mol. The minimum atomic E-state index is -0.608. The molecule has 1 heterocycles. The van der Waals surface area contributed by atoms with Crippen LogP contribution in [0.5, 0.6) is 0 Å². The van der Waals surface area contributed by atoms with E-state index in [4.69, 9.17) is 0 Å². The maximum Gasteiger partial charge on any atom is 0.223 e. The summed E-state index contributed by atoms with van der Waals surface area (Å²) in [6.45, 7) is 11.7. The Labute approximate surface area is 105 Å². The lowest BCUT2D eigenvalue weighted by Gasteiger charge is -2.46. The van der Waals surface area contributed by atoms with Gasteiger partial charge in [0.15, 0.2) is 0 Å². The second kappa shape index (κ2) is 4.97. The Bertz CT molecular complexity index is 274. The molecular formula is C14H27NO2. The van der Waals surface area contributed by atoms with E-state index in [1.165, 1.54) is 0 Å². The topological polar surface area (TPSA) is 40.5 Å². The third-order valence-electron chi connectivity index (χ3n) is 3.47. The van der Waals surface area contributed by atoms with Crippen molar-refractivity contribution in [2.24, 2.45) is 11.3 Å². The van der Waals surface area contributed by atoms with Gasteiger partial charge in [0.1, 0.15) is 0 Å². The Balaban J connectivity index is 2.32. The van der Waals surface area contributed by atoms with Crippen molar-refractivity contribution >= 4 is 5.91 Å². The fourth-order valence-corrected chi connectivity index (χ4v) is 2.61. The van der Waals surface area contributed by atoms with Gasteiger partial charge in [0.25, 0.3) is 0 Å². The minimum absolute atomic E-state index is 0.194. The van der Waals surface area contributed by atoms with E-state index in [2.05, 4.69) is 27.7 Å². The van der Waals surface area contributed by atoms with Crippen LogP contribution in [-0.4, -0.2) is 34.6 Å². The molecule has 1 atom stereocenters. The van der Waals surface area contributed by atoms with Gasteiger partial charge in [-0.05, 0) is 24.2 Å². The second-order valence-corrected chi connectivity index (χ2v) is 6.90. The molecule has 0 spiro atoms. The van der Waals surface area contributed by atoms with Crippen LogP contribution in [0.4, 0.5) is 0 Å². The lowest BCUT2D eigenvalue weighted by molar-refractivity contribution is -0.156. The highest BCUT2D eigenvalue weighted by molar-refractivity contribution is 5.77. The third kappa shape index (κ3) is 4.30. The van der Waals surface area contributed by atoms with Crippen molar-refractivity contribution in [3.63, 3.8) is 0 Å². The molecule has 17 heavy (non-hydrogen) atoms. The van der Waals surface area contributed by atoms with Crippen LogP contribution in [0.3, 0.4) is 0 Å². The van der Waals surface area contributed by atoms with Crippen LogP contribution in [0, 0.1) is 11.3 Å². The van der Waals surface area contributed by atoms with Crippen molar-refractivity contribution in [2.45, 2.75) is 59.5 Å². The monoisotopic (exact) mass is 241 g/mol. The van der Waals surface area contributed by atoms with Crippen LogP contribution in [0.25, 0.3) is 0 Å². The van der Waals surface area contributed by atoms with Gasteiger partial charge in [-0.2, -0.15) is 0 Å². The first-order chi connectivity index (χ1) is 7.65. The van der Waals surface area contributed by atoms with Crippen LogP contribution in [0.2, 0.25) is 0 Å². The summed E-state index contributed by atoms with van der Waals surface area (Å²) in [4.78, 5) is 13.7. The minimum Gasteiger partial charge on any atom is -0.386 e. The SMILES string of the molecule is CCC1(O)CN(C(=O)CC(C)CC(C)(C)C)C1. The van der Waals surface area contributed by atoms with Crippen molar-refractivity contribution in [1.82, 2.24) is 4.90 Å². The summed E-state index contributed by atoms with van der Waals surface area (Å²) in [5.41, 5.74) is -0.332. The summed E-state index contributed by atoms with van der Waals surface area (Å²) in [5, 5.41) is 9.86. The van der Waals surface area contributed by atoms with Gasteiger partial charge in [-0.25, -0.2) is 0 Å². The fraction of sp³-hybridized carbons (Fsp3) is 0.929. The quantitative estimate of drug-likeness (QED) is 0.821. The highest BCUT2D eigenvalue weighted by Gasteiger charge is 2.41. The molecule has 0 saturated carbocycles. The molecule has 0 aromatic heterocycles. The van der Waals surface area contributed by atoms with Gasteiger partial charge in [-0.15, -0.1) is 0 Å². The van der Waals surface area contributed by atoms with Crippen molar-refractivity contribution in [2.75, 3.05) is 13.1 Å². The first-order valence-corrected chi connectivity index (χ1v) is 6.65. The van der Waals surface area contributed by atoms with Crippen LogP contribution < -0.4 is 0 Å². The Kier molecular flexibility index (Phi) is 4.23. The van der Waals surface area contributed by atoms with Gasteiger partial charge in [0, 0.05) is 6.42 Å². The van der Waals surface area contributed by atoms with Gasteiger partial charge < -0.3 is 10.0 Å². The highest BCUT2D eigenvalue weighted by atomic mass is 16.3. The molecule has 1 unspecified atom stereocenters. The van der Waals surface area contributed by atoms with Crippen LogP contribution >= 0.6 is 0 Å². The van der Waals surface area contributed by atoms with Gasteiger partial charge in [0.2, 0.25) is 5.91 Å². The van der Waals surface area contributed by atoms with E-state index in [1.54, 1.807) is 4.90 Å². The van der Waals surface area contributed by atoms with E-state index >= 15 is 0 Å². The highest BCUT2D eigenvalue weighted by Crippen LogP contribution is 2.29. The molecule has 100 valence electrons. The van der Waals surface area contributed by atoms with Crippen LogP contribution in [0.15, 0.2) is 0 Å². The number of hydrogen-bond acceptors (Lipinski definition) is 2. The van der Waals surface area contributed by atoms with E-state index in [9.17, 15) is 9.90 Å². The number of likely N-dealkylation sites (tertiary alicyclic amines) is 1. The van der Waals surface area contributed by atoms with Crippen molar-refractivity contribution in [1.29, 1.82) is 0 Å². The molecule has 0 aliphatic carbocycles. The van der Waals surface area contributed by atoms with Gasteiger partial charge in [0.05, 0.1) is 18.7 Å². The maximum atomic E-state index is 11.9. The van der Waals surface area contributed by atoms with E-state index in [0.29, 0.717) is 25.4 Å². The number of rotatable bonds is 4. The number of aliphatic hydroxyl groups is 1. The predicted octanol–water partition coefficient (Wildman–Crippen LogP) is 2.43. The number of hydrogen-bond donors (Lipinski definition) is 1. The van der Waals surface area contributed by atoms with Crippen molar-refractivity contribution < 1.29 is 9.90 Å². The van der Waals surface area contributed by atoms with E-state index in [-0.39, 0.29) is 11.3 Å². The summed E-state index contributed by atoms with van der Waals surface area (Å²) in [6.07, 6.45) is 2.40. The third-order valence-corrected chi connectivity index (χ3v) is 3.47. The molecule has 0 bridgehead atoms. The molecule has 1 saturated heterocycles. The molecule has 1 aliphatic rings. The Morgan fingerprint density at radius 3 is 2.35 bits per heavy atom. The molecule has 0 aromatic rings. The Hall–Kier alpha value is -0.570. The molecule has 3 heteroatoms. The zero-order valence-electron chi connectivity index (χ0n) is 11.9. The Morgan fingerprint density at radius 2 is 1.94 bits per heavy atom. The molecule has 3 nitrogen and oxygen atoms in total. The first-order valence-electron chi connectivity index (χ1n) is 6.65. The summed E-state index contributed by atoms with van der Waals surface area (Å²) in [5.74, 6) is 0.609. The fourth-order valence-electron chi connectivity index (χ4n) is 2.61. The van der Waals surface area contributed by atoms with E-state index < -0.39 is 5.60 Å². The molecule has 0 aromatic carbocycles. The first kappa shape index (κ1) is 14.5. The predicted molar refractivity (Wildman–Crippen MR) is 69.7 cm³/mol. The summed E-state index contributed by atoms with van der Waals surface area (Å²) in [7, 11) is 0. The molecule has 0 radical (unpaired) electrons. The van der Waals surface area contributed by atoms with E-state index in [1.807, 2.05) is 6.92 Å².